The SMILES string of the molecule is CCC=Cc1ccc(OCC)c(OCC)c1. The van der Waals surface area contributed by atoms with Crippen molar-refractivity contribution in [1.29, 1.82) is 0 Å². The highest BCUT2D eigenvalue weighted by atomic mass is 16.5. The molecule has 0 unspecified atom stereocenters. The lowest BCUT2D eigenvalue weighted by Gasteiger charge is -2.11. The molecule has 0 radical (unpaired) electrons. The molecule has 1 aromatic rings. The van der Waals surface area contributed by atoms with Crippen molar-refractivity contribution < 1.29 is 9.47 Å². The minimum absolute atomic E-state index is 0.654. The maximum atomic E-state index is 5.55. The van der Waals surface area contributed by atoms with Gasteiger partial charge in [0.2, 0.25) is 0 Å². The molecule has 2 heteroatoms. The normalized spacial score (nSPS) is 10.7. The molecule has 0 spiro atoms. The summed E-state index contributed by atoms with van der Waals surface area (Å²) >= 11 is 0. The second kappa shape index (κ2) is 6.94. The maximum absolute atomic E-state index is 5.55. The Bertz CT molecular complexity index is 343. The Morgan fingerprint density at radius 1 is 1.00 bits per heavy atom. The molecule has 0 aliphatic carbocycles. The molecule has 0 aliphatic heterocycles. The fraction of sp³-hybridized carbons (Fsp3) is 0.429. The molecular formula is C14H20O2. The third-order valence-electron chi connectivity index (χ3n) is 2.11. The second-order valence-corrected chi connectivity index (χ2v) is 3.38. The van der Waals surface area contributed by atoms with Crippen LogP contribution in [0, 0.1) is 0 Å². The summed E-state index contributed by atoms with van der Waals surface area (Å²) in [6.07, 6.45) is 5.26. The van der Waals surface area contributed by atoms with Crippen molar-refractivity contribution in [2.75, 3.05) is 13.2 Å². The zero-order valence-electron chi connectivity index (χ0n) is 10.3. The average molecular weight is 220 g/mol. The summed E-state index contributed by atoms with van der Waals surface area (Å²) in [6, 6.07) is 6.02. The first kappa shape index (κ1) is 12.6. The average Bonchev–Trinajstić information content (AvgIpc) is 2.30. The van der Waals surface area contributed by atoms with Crippen LogP contribution in [0.15, 0.2) is 24.3 Å². The zero-order chi connectivity index (χ0) is 11.8. The smallest absolute Gasteiger partial charge is 0.161 e. The molecule has 0 bridgehead atoms. The Morgan fingerprint density at radius 2 is 1.69 bits per heavy atom. The van der Waals surface area contributed by atoms with E-state index in [2.05, 4.69) is 19.1 Å². The van der Waals surface area contributed by atoms with Crippen LogP contribution in [0.5, 0.6) is 11.5 Å². The van der Waals surface area contributed by atoms with Crippen LogP contribution in [0.4, 0.5) is 0 Å². The van der Waals surface area contributed by atoms with E-state index in [-0.39, 0.29) is 0 Å². The van der Waals surface area contributed by atoms with Gasteiger partial charge in [0.15, 0.2) is 11.5 Å². The number of rotatable bonds is 6. The summed E-state index contributed by atoms with van der Waals surface area (Å²) in [7, 11) is 0. The van der Waals surface area contributed by atoms with Gasteiger partial charge >= 0.3 is 0 Å². The van der Waals surface area contributed by atoms with Crippen LogP contribution in [0.2, 0.25) is 0 Å². The lowest BCUT2D eigenvalue weighted by Crippen LogP contribution is -1.98. The zero-order valence-corrected chi connectivity index (χ0v) is 10.3. The van der Waals surface area contributed by atoms with E-state index in [0.717, 1.165) is 23.5 Å². The van der Waals surface area contributed by atoms with Gasteiger partial charge in [0.05, 0.1) is 13.2 Å². The first-order valence-corrected chi connectivity index (χ1v) is 5.88. The van der Waals surface area contributed by atoms with Crippen LogP contribution in [-0.2, 0) is 0 Å². The van der Waals surface area contributed by atoms with Gasteiger partial charge in [-0.15, -0.1) is 0 Å². The van der Waals surface area contributed by atoms with Crippen LogP contribution in [0.3, 0.4) is 0 Å². The fourth-order valence-electron chi connectivity index (χ4n) is 1.43. The molecule has 0 aromatic heterocycles. The standard InChI is InChI=1S/C14H20O2/c1-4-7-8-12-9-10-13(15-5-2)14(11-12)16-6-3/h7-11H,4-6H2,1-3H3. The number of benzene rings is 1. The third kappa shape index (κ3) is 3.61. The van der Waals surface area contributed by atoms with Gasteiger partial charge in [-0.1, -0.05) is 25.1 Å². The number of hydrogen-bond donors (Lipinski definition) is 0. The van der Waals surface area contributed by atoms with Gasteiger partial charge in [-0.25, -0.2) is 0 Å². The first-order chi connectivity index (χ1) is 7.81. The largest absolute Gasteiger partial charge is 0.490 e. The highest BCUT2D eigenvalue weighted by Gasteiger charge is 2.04. The summed E-state index contributed by atoms with van der Waals surface area (Å²) in [5.74, 6) is 1.64. The quantitative estimate of drug-likeness (QED) is 0.723. The molecule has 88 valence electrons. The van der Waals surface area contributed by atoms with E-state index >= 15 is 0 Å². The molecule has 16 heavy (non-hydrogen) atoms. The van der Waals surface area contributed by atoms with E-state index in [0.29, 0.717) is 13.2 Å². The van der Waals surface area contributed by atoms with Gasteiger partial charge in [-0.3, -0.25) is 0 Å². The molecule has 1 rings (SSSR count). The van der Waals surface area contributed by atoms with E-state index in [4.69, 9.17) is 9.47 Å². The van der Waals surface area contributed by atoms with Gasteiger partial charge in [0, 0.05) is 0 Å². The number of allylic oxidation sites excluding steroid dienone is 1. The van der Waals surface area contributed by atoms with Gasteiger partial charge in [-0.2, -0.15) is 0 Å². The first-order valence-electron chi connectivity index (χ1n) is 5.88. The van der Waals surface area contributed by atoms with Gasteiger partial charge in [-0.05, 0) is 38.0 Å². The molecule has 0 aliphatic rings. The Balaban J connectivity index is 2.92. The van der Waals surface area contributed by atoms with E-state index in [1.54, 1.807) is 0 Å². The van der Waals surface area contributed by atoms with E-state index in [1.807, 2.05) is 32.0 Å². The molecule has 0 saturated heterocycles. The highest BCUT2D eigenvalue weighted by molar-refractivity contribution is 5.55. The lowest BCUT2D eigenvalue weighted by molar-refractivity contribution is 0.287. The maximum Gasteiger partial charge on any atom is 0.161 e. The monoisotopic (exact) mass is 220 g/mol. The molecule has 0 N–H and O–H groups in total. The Hall–Kier alpha value is -1.44. The molecule has 2 nitrogen and oxygen atoms in total. The Kier molecular flexibility index (Phi) is 5.48. The van der Waals surface area contributed by atoms with E-state index < -0.39 is 0 Å². The second-order valence-electron chi connectivity index (χ2n) is 3.38. The summed E-state index contributed by atoms with van der Waals surface area (Å²) in [4.78, 5) is 0. The van der Waals surface area contributed by atoms with Gasteiger partial charge in [0.25, 0.3) is 0 Å². The van der Waals surface area contributed by atoms with Crippen molar-refractivity contribution in [3.05, 3.63) is 29.8 Å². The molecule has 0 amide bonds. The number of ether oxygens (including phenoxy) is 2. The molecular weight excluding hydrogens is 200 g/mol. The van der Waals surface area contributed by atoms with Gasteiger partial charge < -0.3 is 9.47 Å². The van der Waals surface area contributed by atoms with Crippen LogP contribution >= 0.6 is 0 Å². The summed E-state index contributed by atoms with van der Waals surface area (Å²) < 4.78 is 11.1. The van der Waals surface area contributed by atoms with Gasteiger partial charge in [0.1, 0.15) is 0 Å². The van der Waals surface area contributed by atoms with Crippen molar-refractivity contribution in [3.8, 4) is 11.5 Å². The Labute approximate surface area is 97.9 Å². The summed E-state index contributed by atoms with van der Waals surface area (Å²) in [5, 5.41) is 0. The van der Waals surface area contributed by atoms with Crippen molar-refractivity contribution in [2.24, 2.45) is 0 Å². The van der Waals surface area contributed by atoms with Crippen LogP contribution in [0.25, 0.3) is 6.08 Å². The summed E-state index contributed by atoms with van der Waals surface area (Å²) in [5.41, 5.74) is 1.15. The van der Waals surface area contributed by atoms with Crippen molar-refractivity contribution >= 4 is 6.08 Å². The lowest BCUT2D eigenvalue weighted by atomic mass is 10.2. The fourth-order valence-corrected chi connectivity index (χ4v) is 1.43. The van der Waals surface area contributed by atoms with Crippen molar-refractivity contribution in [2.45, 2.75) is 27.2 Å². The van der Waals surface area contributed by atoms with Crippen molar-refractivity contribution in [3.63, 3.8) is 0 Å². The molecule has 0 heterocycles. The molecule has 0 fully saturated rings. The third-order valence-corrected chi connectivity index (χ3v) is 2.11. The molecule has 0 saturated carbocycles. The van der Waals surface area contributed by atoms with Crippen LogP contribution in [-0.4, -0.2) is 13.2 Å². The molecule has 1 aromatic carbocycles. The predicted molar refractivity (Wildman–Crippen MR) is 68.1 cm³/mol. The van der Waals surface area contributed by atoms with E-state index in [9.17, 15) is 0 Å². The van der Waals surface area contributed by atoms with Crippen LogP contribution < -0.4 is 9.47 Å². The Morgan fingerprint density at radius 3 is 2.31 bits per heavy atom. The summed E-state index contributed by atoms with van der Waals surface area (Å²) in [6.45, 7) is 7.38. The minimum atomic E-state index is 0.654. The molecule has 0 atom stereocenters. The minimum Gasteiger partial charge on any atom is -0.490 e. The van der Waals surface area contributed by atoms with Crippen molar-refractivity contribution in [1.82, 2.24) is 0 Å². The highest BCUT2D eigenvalue weighted by Crippen LogP contribution is 2.28. The predicted octanol–water partition coefficient (Wildman–Crippen LogP) is 3.91. The van der Waals surface area contributed by atoms with E-state index in [1.165, 1.54) is 0 Å². The number of hydrogen-bond acceptors (Lipinski definition) is 2. The topological polar surface area (TPSA) is 18.5 Å². The van der Waals surface area contributed by atoms with Crippen LogP contribution in [0.1, 0.15) is 32.8 Å².